The van der Waals surface area contributed by atoms with E-state index in [1.165, 1.54) is 11.0 Å². The molecular weight excluding hydrogens is 434 g/mol. The number of nitrogens with one attached hydrogen (secondary N) is 2. The van der Waals surface area contributed by atoms with E-state index in [1.807, 2.05) is 36.4 Å². The summed E-state index contributed by atoms with van der Waals surface area (Å²) >= 11 is 1.11. The summed E-state index contributed by atoms with van der Waals surface area (Å²) in [5.74, 6) is -0.676. The number of benzene rings is 2. The standard InChI is InChI=1S/C22H19N3O4S2/c26-21-20-18(24-31(28,29)19-7-4-12-30-19)10-11-25(20)22(27)16-13-15(8-9-17(16)23-21)14-5-2-1-3-6-14/h1-9,12-13,18,20,24H,10-11H2,(H,23,26)/t18-,20-/m0/s1. The lowest BCUT2D eigenvalue weighted by Gasteiger charge is -2.24. The molecule has 2 aliphatic heterocycles. The molecule has 0 unspecified atom stereocenters. The van der Waals surface area contributed by atoms with E-state index in [1.54, 1.807) is 23.6 Å². The van der Waals surface area contributed by atoms with Gasteiger partial charge in [0.05, 0.1) is 17.3 Å². The lowest BCUT2D eigenvalue weighted by atomic mass is 10.0. The predicted octanol–water partition coefficient (Wildman–Crippen LogP) is 2.93. The maximum absolute atomic E-state index is 13.3. The van der Waals surface area contributed by atoms with Crippen molar-refractivity contribution in [2.45, 2.75) is 22.7 Å². The van der Waals surface area contributed by atoms with E-state index in [4.69, 9.17) is 0 Å². The predicted molar refractivity (Wildman–Crippen MR) is 118 cm³/mol. The minimum atomic E-state index is -3.76. The van der Waals surface area contributed by atoms with Gasteiger partial charge in [0.25, 0.3) is 5.91 Å². The van der Waals surface area contributed by atoms with Crippen LogP contribution in [0.1, 0.15) is 16.8 Å². The van der Waals surface area contributed by atoms with Gasteiger partial charge < -0.3 is 10.2 Å². The van der Waals surface area contributed by atoms with Gasteiger partial charge in [0.15, 0.2) is 0 Å². The van der Waals surface area contributed by atoms with E-state index in [2.05, 4.69) is 10.0 Å². The second-order valence-corrected chi connectivity index (χ2v) is 10.4. The lowest BCUT2D eigenvalue weighted by Crippen LogP contribution is -2.51. The molecule has 1 saturated heterocycles. The summed E-state index contributed by atoms with van der Waals surface area (Å²) in [5.41, 5.74) is 2.67. The minimum absolute atomic E-state index is 0.182. The van der Waals surface area contributed by atoms with Crippen LogP contribution in [0.3, 0.4) is 0 Å². The summed E-state index contributed by atoms with van der Waals surface area (Å²) in [6.07, 6.45) is 0.363. The Morgan fingerprint density at radius 1 is 1.00 bits per heavy atom. The number of carbonyl (C=O) groups excluding carboxylic acids is 2. The number of thiophene rings is 1. The summed E-state index contributed by atoms with van der Waals surface area (Å²) in [6, 6.07) is 16.6. The molecule has 7 nitrogen and oxygen atoms in total. The molecule has 2 amide bonds. The quantitative estimate of drug-likeness (QED) is 0.635. The molecule has 3 heterocycles. The number of rotatable bonds is 4. The Morgan fingerprint density at radius 2 is 1.81 bits per heavy atom. The van der Waals surface area contributed by atoms with E-state index in [9.17, 15) is 18.0 Å². The Hall–Kier alpha value is -3.01. The largest absolute Gasteiger partial charge is 0.325 e. The molecule has 0 bridgehead atoms. The van der Waals surface area contributed by atoms with Gasteiger partial charge in [-0.15, -0.1) is 11.3 Å². The fraction of sp³-hybridized carbons (Fsp3) is 0.182. The molecule has 9 heteroatoms. The summed E-state index contributed by atoms with van der Waals surface area (Å²) in [4.78, 5) is 27.8. The number of anilines is 1. The summed E-state index contributed by atoms with van der Waals surface area (Å²) in [5, 5.41) is 4.50. The highest BCUT2D eigenvalue weighted by Gasteiger charge is 2.46. The van der Waals surface area contributed by atoms with Crippen molar-refractivity contribution in [2.75, 3.05) is 11.9 Å². The van der Waals surface area contributed by atoms with Gasteiger partial charge in [0.2, 0.25) is 15.9 Å². The smallest absolute Gasteiger partial charge is 0.256 e. The fourth-order valence-electron chi connectivity index (χ4n) is 4.14. The Balaban J connectivity index is 1.47. The van der Waals surface area contributed by atoms with Crippen LogP contribution in [0, 0.1) is 0 Å². The van der Waals surface area contributed by atoms with Gasteiger partial charge in [0, 0.05) is 6.54 Å². The summed E-state index contributed by atoms with van der Waals surface area (Å²) in [6.45, 7) is 0.295. The van der Waals surface area contributed by atoms with Crippen LogP contribution in [0.2, 0.25) is 0 Å². The molecule has 0 aliphatic carbocycles. The van der Waals surface area contributed by atoms with Gasteiger partial charge in [-0.3, -0.25) is 9.59 Å². The summed E-state index contributed by atoms with van der Waals surface area (Å²) < 4.78 is 28.2. The van der Waals surface area contributed by atoms with Crippen molar-refractivity contribution in [3.05, 3.63) is 71.6 Å². The minimum Gasteiger partial charge on any atom is -0.325 e. The van der Waals surface area contributed by atoms with E-state index >= 15 is 0 Å². The number of amides is 2. The molecule has 1 aromatic heterocycles. The monoisotopic (exact) mass is 453 g/mol. The molecule has 3 aromatic rings. The third-order valence-electron chi connectivity index (χ3n) is 5.61. The highest BCUT2D eigenvalue weighted by Crippen LogP contribution is 2.33. The van der Waals surface area contributed by atoms with Gasteiger partial charge >= 0.3 is 0 Å². The first-order valence-electron chi connectivity index (χ1n) is 9.81. The third kappa shape index (κ3) is 3.54. The molecule has 2 atom stereocenters. The Kier molecular flexibility index (Phi) is 4.88. The second kappa shape index (κ2) is 7.60. The zero-order valence-corrected chi connectivity index (χ0v) is 17.9. The molecule has 0 radical (unpaired) electrons. The Labute approximate surface area is 183 Å². The molecule has 5 rings (SSSR count). The fourth-order valence-corrected chi connectivity index (χ4v) is 6.43. The van der Waals surface area contributed by atoms with Gasteiger partial charge in [-0.05, 0) is 41.1 Å². The van der Waals surface area contributed by atoms with Crippen molar-refractivity contribution in [3.63, 3.8) is 0 Å². The second-order valence-electron chi connectivity index (χ2n) is 7.51. The maximum Gasteiger partial charge on any atom is 0.256 e. The molecular formula is C22H19N3O4S2. The van der Waals surface area contributed by atoms with Gasteiger partial charge in [-0.1, -0.05) is 42.5 Å². The van der Waals surface area contributed by atoms with Crippen molar-refractivity contribution in [1.29, 1.82) is 0 Å². The highest BCUT2D eigenvalue weighted by atomic mass is 32.2. The highest BCUT2D eigenvalue weighted by molar-refractivity contribution is 7.91. The molecule has 1 fully saturated rings. The summed E-state index contributed by atoms with van der Waals surface area (Å²) in [7, 11) is -3.76. The first kappa shape index (κ1) is 19.9. The van der Waals surface area contributed by atoms with Crippen LogP contribution >= 0.6 is 11.3 Å². The van der Waals surface area contributed by atoms with E-state index in [-0.39, 0.29) is 10.1 Å². The van der Waals surface area contributed by atoms with Crippen molar-refractivity contribution in [1.82, 2.24) is 9.62 Å². The van der Waals surface area contributed by atoms with Crippen molar-refractivity contribution in [2.24, 2.45) is 0 Å². The third-order valence-corrected chi connectivity index (χ3v) is 8.50. The van der Waals surface area contributed by atoms with Crippen LogP contribution in [0.5, 0.6) is 0 Å². The maximum atomic E-state index is 13.3. The number of fused-ring (bicyclic) bond motifs is 2. The van der Waals surface area contributed by atoms with E-state index in [0.29, 0.717) is 24.2 Å². The molecule has 2 aliphatic rings. The van der Waals surface area contributed by atoms with Crippen LogP contribution in [0.25, 0.3) is 11.1 Å². The molecule has 31 heavy (non-hydrogen) atoms. The number of sulfonamides is 1. The Bertz CT molecular complexity index is 1260. The van der Waals surface area contributed by atoms with Crippen LogP contribution in [-0.4, -0.2) is 43.8 Å². The number of carbonyl (C=O) groups is 2. The van der Waals surface area contributed by atoms with Crippen LogP contribution in [-0.2, 0) is 14.8 Å². The van der Waals surface area contributed by atoms with Crippen LogP contribution in [0.4, 0.5) is 5.69 Å². The van der Waals surface area contributed by atoms with Gasteiger partial charge in [0.1, 0.15) is 10.3 Å². The topological polar surface area (TPSA) is 95.6 Å². The van der Waals surface area contributed by atoms with Gasteiger partial charge in [-0.25, -0.2) is 13.1 Å². The molecule has 158 valence electrons. The molecule has 0 saturated carbocycles. The van der Waals surface area contributed by atoms with E-state index < -0.39 is 28.0 Å². The van der Waals surface area contributed by atoms with Crippen LogP contribution < -0.4 is 10.0 Å². The Morgan fingerprint density at radius 3 is 2.55 bits per heavy atom. The number of hydrogen-bond acceptors (Lipinski definition) is 5. The number of hydrogen-bond donors (Lipinski definition) is 2. The first-order valence-corrected chi connectivity index (χ1v) is 12.2. The lowest BCUT2D eigenvalue weighted by molar-refractivity contribution is -0.120. The van der Waals surface area contributed by atoms with Gasteiger partial charge in [-0.2, -0.15) is 0 Å². The van der Waals surface area contributed by atoms with Crippen molar-refractivity contribution >= 4 is 38.9 Å². The first-order chi connectivity index (χ1) is 14.9. The zero-order chi connectivity index (χ0) is 21.6. The van der Waals surface area contributed by atoms with E-state index in [0.717, 1.165) is 22.5 Å². The van der Waals surface area contributed by atoms with Crippen LogP contribution in [0.15, 0.2) is 70.3 Å². The molecule has 2 N–H and O–H groups in total. The SMILES string of the molecule is O=C1Nc2ccc(-c3ccccc3)cc2C(=O)N2CC[C@H](NS(=O)(=O)c3cccs3)[C@@H]12. The average Bonchev–Trinajstić information content (AvgIpc) is 3.43. The number of nitrogens with zero attached hydrogens (tertiary/aromatic N) is 1. The molecule has 2 aromatic carbocycles. The van der Waals surface area contributed by atoms with Crippen molar-refractivity contribution in [3.8, 4) is 11.1 Å². The van der Waals surface area contributed by atoms with Crippen molar-refractivity contribution < 1.29 is 18.0 Å². The average molecular weight is 454 g/mol. The molecule has 0 spiro atoms. The zero-order valence-electron chi connectivity index (χ0n) is 16.3. The normalized spacial score (nSPS) is 20.7.